The van der Waals surface area contributed by atoms with Crippen LogP contribution in [-0.4, -0.2) is 52.0 Å². The van der Waals surface area contributed by atoms with Crippen LogP contribution in [0.25, 0.3) is 0 Å². The number of rotatable bonds is 4. The number of thiazole rings is 1. The quantitative estimate of drug-likeness (QED) is 0.860. The van der Waals surface area contributed by atoms with Gasteiger partial charge in [0.25, 0.3) is 0 Å². The molecule has 0 aliphatic carbocycles. The lowest BCUT2D eigenvalue weighted by Gasteiger charge is -2.37. The minimum absolute atomic E-state index is 0.139. The molecule has 6 heteroatoms. The van der Waals surface area contributed by atoms with Crippen LogP contribution in [-0.2, 0) is 12.0 Å². The molecule has 0 aromatic carbocycles. The second-order valence-corrected chi connectivity index (χ2v) is 8.18. The van der Waals surface area contributed by atoms with Crippen molar-refractivity contribution in [3.63, 3.8) is 0 Å². The maximum absolute atomic E-state index is 5.74. The van der Waals surface area contributed by atoms with Crippen molar-refractivity contribution in [2.24, 2.45) is 5.73 Å². The number of thiocarbonyl (C=S) groups is 1. The van der Waals surface area contributed by atoms with Gasteiger partial charge in [0, 0.05) is 37.0 Å². The van der Waals surface area contributed by atoms with E-state index in [1.807, 2.05) is 0 Å². The smallest absolute Gasteiger partial charge is 0.107 e. The third kappa shape index (κ3) is 4.45. The molecule has 21 heavy (non-hydrogen) atoms. The Balaban J connectivity index is 1.86. The van der Waals surface area contributed by atoms with E-state index in [-0.39, 0.29) is 11.5 Å². The summed E-state index contributed by atoms with van der Waals surface area (Å²) in [6.07, 6.45) is 0. The molecule has 1 unspecified atom stereocenters. The first-order valence-corrected chi connectivity index (χ1v) is 8.77. The fourth-order valence-electron chi connectivity index (χ4n) is 2.41. The van der Waals surface area contributed by atoms with Crippen LogP contribution in [0.1, 0.15) is 38.4 Å². The summed E-state index contributed by atoms with van der Waals surface area (Å²) >= 11 is 6.86. The summed E-state index contributed by atoms with van der Waals surface area (Å²) in [5.41, 5.74) is 7.07. The Morgan fingerprint density at radius 1 is 1.38 bits per heavy atom. The molecule has 0 saturated carbocycles. The van der Waals surface area contributed by atoms with Gasteiger partial charge in [0.2, 0.25) is 0 Å². The van der Waals surface area contributed by atoms with Crippen molar-refractivity contribution in [1.82, 2.24) is 14.8 Å². The monoisotopic (exact) mass is 326 g/mol. The van der Waals surface area contributed by atoms with Gasteiger partial charge < -0.3 is 5.73 Å². The first kappa shape index (κ1) is 16.8. The second-order valence-electron chi connectivity index (χ2n) is 6.77. The number of piperazine rings is 1. The van der Waals surface area contributed by atoms with Gasteiger partial charge in [-0.2, -0.15) is 0 Å². The molecule has 1 aliphatic rings. The van der Waals surface area contributed by atoms with E-state index in [1.54, 1.807) is 11.3 Å². The van der Waals surface area contributed by atoms with Crippen molar-refractivity contribution in [3.8, 4) is 0 Å². The topological polar surface area (TPSA) is 45.4 Å². The number of nitrogens with two attached hydrogens (primary N) is 1. The van der Waals surface area contributed by atoms with Crippen LogP contribution < -0.4 is 5.73 Å². The molecule has 0 radical (unpaired) electrons. The molecule has 2 rings (SSSR count). The van der Waals surface area contributed by atoms with Gasteiger partial charge in [0.15, 0.2) is 0 Å². The highest BCUT2D eigenvalue weighted by Crippen LogP contribution is 2.24. The highest BCUT2D eigenvalue weighted by atomic mass is 32.1. The third-order valence-electron chi connectivity index (χ3n) is 4.05. The summed E-state index contributed by atoms with van der Waals surface area (Å²) < 4.78 is 0. The molecule has 0 amide bonds. The highest BCUT2D eigenvalue weighted by Gasteiger charge is 2.23. The van der Waals surface area contributed by atoms with Crippen LogP contribution in [0.2, 0.25) is 0 Å². The van der Waals surface area contributed by atoms with Crippen LogP contribution in [0.3, 0.4) is 0 Å². The van der Waals surface area contributed by atoms with E-state index in [9.17, 15) is 0 Å². The Morgan fingerprint density at radius 3 is 2.48 bits per heavy atom. The molecule has 1 aromatic heterocycles. The predicted molar refractivity (Wildman–Crippen MR) is 93.9 cm³/mol. The lowest BCUT2D eigenvalue weighted by Crippen LogP contribution is -2.52. The van der Waals surface area contributed by atoms with Crippen molar-refractivity contribution in [3.05, 3.63) is 16.1 Å². The van der Waals surface area contributed by atoms with Crippen LogP contribution in [0.4, 0.5) is 0 Å². The second kappa shape index (κ2) is 6.69. The van der Waals surface area contributed by atoms with E-state index >= 15 is 0 Å². The zero-order chi connectivity index (χ0) is 15.6. The van der Waals surface area contributed by atoms with Crippen molar-refractivity contribution in [1.29, 1.82) is 0 Å². The van der Waals surface area contributed by atoms with E-state index in [2.05, 4.69) is 42.9 Å². The van der Waals surface area contributed by atoms with Crippen molar-refractivity contribution in [2.45, 2.75) is 45.7 Å². The zero-order valence-corrected chi connectivity index (χ0v) is 15.1. The van der Waals surface area contributed by atoms with E-state index in [4.69, 9.17) is 22.9 Å². The molecule has 0 spiro atoms. The first-order chi connectivity index (χ1) is 9.77. The van der Waals surface area contributed by atoms with Gasteiger partial charge in [-0.05, 0) is 6.92 Å². The molecular formula is C15H26N4S2. The van der Waals surface area contributed by atoms with Crippen molar-refractivity contribution >= 4 is 28.5 Å². The minimum atomic E-state index is 0.139. The van der Waals surface area contributed by atoms with Gasteiger partial charge in [-0.3, -0.25) is 9.80 Å². The van der Waals surface area contributed by atoms with Gasteiger partial charge in [-0.25, -0.2) is 4.98 Å². The van der Waals surface area contributed by atoms with Gasteiger partial charge in [0.1, 0.15) is 5.01 Å². The van der Waals surface area contributed by atoms with Crippen LogP contribution >= 0.6 is 23.6 Å². The van der Waals surface area contributed by atoms with Gasteiger partial charge in [0.05, 0.1) is 23.3 Å². The van der Waals surface area contributed by atoms with Crippen LogP contribution in [0.15, 0.2) is 5.38 Å². The lowest BCUT2D eigenvalue weighted by atomic mass is 9.93. The molecular weight excluding hydrogens is 300 g/mol. The fraction of sp³-hybridized carbons (Fsp3) is 0.733. The average molecular weight is 327 g/mol. The lowest BCUT2D eigenvalue weighted by molar-refractivity contribution is 0.118. The molecule has 0 bridgehead atoms. The summed E-state index contributed by atoms with van der Waals surface area (Å²) in [6, 6.07) is 0.203. The summed E-state index contributed by atoms with van der Waals surface area (Å²) in [5, 5.41) is 3.41. The number of hydrogen-bond donors (Lipinski definition) is 1. The van der Waals surface area contributed by atoms with Gasteiger partial charge in [-0.1, -0.05) is 33.0 Å². The highest BCUT2D eigenvalue weighted by molar-refractivity contribution is 7.80. The molecule has 1 aromatic rings. The summed E-state index contributed by atoms with van der Waals surface area (Å²) in [7, 11) is 0. The van der Waals surface area contributed by atoms with Crippen LogP contribution in [0, 0.1) is 0 Å². The Kier molecular flexibility index (Phi) is 5.35. The molecule has 118 valence electrons. The molecule has 1 saturated heterocycles. The minimum Gasteiger partial charge on any atom is -0.392 e. The number of hydrogen-bond acceptors (Lipinski definition) is 5. The Morgan fingerprint density at radius 2 is 2.00 bits per heavy atom. The molecule has 1 aliphatic heterocycles. The molecule has 2 N–H and O–H groups in total. The average Bonchev–Trinajstić information content (AvgIpc) is 2.87. The van der Waals surface area contributed by atoms with Gasteiger partial charge in [-0.15, -0.1) is 11.3 Å². The Bertz CT molecular complexity index is 484. The summed E-state index contributed by atoms with van der Waals surface area (Å²) in [5.74, 6) is 0. The third-order valence-corrected chi connectivity index (χ3v) is 5.22. The van der Waals surface area contributed by atoms with Crippen molar-refractivity contribution in [2.75, 3.05) is 26.2 Å². The summed E-state index contributed by atoms with van der Waals surface area (Å²) in [6.45, 7) is 13.8. The molecule has 1 atom stereocenters. The Labute approximate surface area is 137 Å². The predicted octanol–water partition coefficient (Wildman–Crippen LogP) is 2.23. The molecule has 1 fully saturated rings. The SMILES string of the molecule is CC(C(N)=S)N1CCN(Cc2nc(C(C)(C)C)cs2)CC1. The van der Waals surface area contributed by atoms with Crippen molar-refractivity contribution < 1.29 is 0 Å². The van der Waals surface area contributed by atoms with Gasteiger partial charge >= 0.3 is 0 Å². The number of nitrogens with zero attached hydrogens (tertiary/aromatic N) is 3. The first-order valence-electron chi connectivity index (χ1n) is 7.48. The standard InChI is InChI=1S/C15H26N4S2/c1-11(14(16)20)19-7-5-18(6-8-19)9-13-17-12(10-21-13)15(2,3)4/h10-11H,5-9H2,1-4H3,(H2,16,20). The Hall–Kier alpha value is -0.560. The molecule has 4 nitrogen and oxygen atoms in total. The van der Waals surface area contributed by atoms with E-state index < -0.39 is 0 Å². The molecule has 2 heterocycles. The van der Waals surface area contributed by atoms with E-state index in [0.717, 1.165) is 32.7 Å². The summed E-state index contributed by atoms with van der Waals surface area (Å²) in [4.78, 5) is 10.2. The fourth-order valence-corrected chi connectivity index (χ4v) is 3.62. The largest absolute Gasteiger partial charge is 0.392 e. The maximum Gasteiger partial charge on any atom is 0.107 e. The zero-order valence-electron chi connectivity index (χ0n) is 13.4. The number of aromatic nitrogens is 1. The van der Waals surface area contributed by atoms with E-state index in [1.165, 1.54) is 10.7 Å². The maximum atomic E-state index is 5.74. The van der Waals surface area contributed by atoms with Crippen LogP contribution in [0.5, 0.6) is 0 Å². The van der Waals surface area contributed by atoms with E-state index in [0.29, 0.717) is 4.99 Å². The normalized spacial score (nSPS) is 19.6.